The summed E-state index contributed by atoms with van der Waals surface area (Å²) in [5.41, 5.74) is 5.20. The third kappa shape index (κ3) is 3.39. The summed E-state index contributed by atoms with van der Waals surface area (Å²) in [5.74, 6) is 0.556. The van der Waals surface area contributed by atoms with E-state index in [0.717, 1.165) is 64.3 Å². The summed E-state index contributed by atoms with van der Waals surface area (Å²) >= 11 is 3.54. The van der Waals surface area contributed by atoms with Crippen molar-refractivity contribution in [2.75, 3.05) is 4.90 Å². The second-order valence-corrected chi connectivity index (χ2v) is 9.85. The van der Waals surface area contributed by atoms with Crippen LogP contribution in [0.3, 0.4) is 0 Å². The minimum absolute atomic E-state index is 0.0732. The van der Waals surface area contributed by atoms with Crippen molar-refractivity contribution in [1.29, 1.82) is 0 Å². The highest BCUT2D eigenvalue weighted by atomic mass is 79.9. The van der Waals surface area contributed by atoms with E-state index in [2.05, 4.69) is 28.2 Å². The molecule has 1 aliphatic carbocycles. The number of carbonyl (C=O) groups is 2. The number of hydrogen-bond donors (Lipinski definition) is 1. The van der Waals surface area contributed by atoms with E-state index < -0.39 is 6.04 Å². The normalized spacial score (nSPS) is 23.6. The molecule has 1 N–H and O–H groups in total. The highest BCUT2D eigenvalue weighted by Crippen LogP contribution is 2.43. The lowest BCUT2D eigenvalue weighted by Gasteiger charge is -2.31. The van der Waals surface area contributed by atoms with Gasteiger partial charge in [-0.2, -0.15) is 0 Å². The predicted octanol–water partition coefficient (Wildman–Crippen LogP) is 5.11. The molecule has 0 bridgehead atoms. The summed E-state index contributed by atoms with van der Waals surface area (Å²) < 4.78 is 3.01. The van der Waals surface area contributed by atoms with Gasteiger partial charge in [-0.05, 0) is 76.1 Å². The van der Waals surface area contributed by atoms with Gasteiger partial charge >= 0.3 is 0 Å². The Bertz CT molecular complexity index is 1020. The van der Waals surface area contributed by atoms with Crippen molar-refractivity contribution >= 4 is 33.4 Å². The molecule has 1 aromatic carbocycles. The van der Waals surface area contributed by atoms with Crippen LogP contribution in [0.2, 0.25) is 0 Å². The van der Waals surface area contributed by atoms with E-state index in [4.69, 9.17) is 0 Å². The third-order valence-corrected chi connectivity index (χ3v) is 7.91. The summed E-state index contributed by atoms with van der Waals surface area (Å²) in [6.07, 6.45) is 4.28. The molecular weight excluding hydrogens is 442 g/mol. The number of rotatable bonds is 3. The van der Waals surface area contributed by atoms with Gasteiger partial charge < -0.3 is 9.88 Å². The van der Waals surface area contributed by atoms with Gasteiger partial charge in [-0.15, -0.1) is 0 Å². The van der Waals surface area contributed by atoms with Crippen LogP contribution < -0.4 is 10.2 Å². The molecule has 2 heterocycles. The van der Waals surface area contributed by atoms with Crippen molar-refractivity contribution in [1.82, 2.24) is 9.88 Å². The summed E-state index contributed by atoms with van der Waals surface area (Å²) in [6, 6.07) is 5.38. The van der Waals surface area contributed by atoms with Crippen LogP contribution in [0.15, 0.2) is 22.7 Å². The second-order valence-electron chi connectivity index (χ2n) is 9.00. The summed E-state index contributed by atoms with van der Waals surface area (Å²) in [6.45, 7) is 8.22. The standard InChI is InChI=1S/C24H30BrN3O2/c1-13-6-8-17(9-7-13)26-23(29)22-20-15(3)27(5)16(4)21(20)24(30)28(22)18-10-11-19(25)14(2)12-18/h10-13,17,22H,6-9H2,1-5H3,(H,26,29). The van der Waals surface area contributed by atoms with Crippen molar-refractivity contribution in [2.45, 2.75) is 65.5 Å². The van der Waals surface area contributed by atoms with E-state index in [1.54, 1.807) is 4.90 Å². The number of hydrogen-bond acceptors (Lipinski definition) is 2. The maximum absolute atomic E-state index is 13.6. The minimum Gasteiger partial charge on any atom is -0.351 e. The fraction of sp³-hybridized carbons (Fsp3) is 0.500. The lowest BCUT2D eigenvalue weighted by molar-refractivity contribution is -0.123. The van der Waals surface area contributed by atoms with Gasteiger partial charge in [-0.25, -0.2) is 0 Å². The Hall–Kier alpha value is -2.08. The Kier molecular flexibility index (Phi) is 5.56. The first-order valence-electron chi connectivity index (χ1n) is 10.8. The van der Waals surface area contributed by atoms with E-state index in [9.17, 15) is 9.59 Å². The number of aryl methyl sites for hydroxylation is 1. The lowest BCUT2D eigenvalue weighted by Crippen LogP contribution is -2.45. The van der Waals surface area contributed by atoms with Crippen LogP contribution in [0.25, 0.3) is 0 Å². The maximum atomic E-state index is 13.6. The van der Waals surface area contributed by atoms with Gasteiger partial charge in [-0.1, -0.05) is 22.9 Å². The Morgan fingerprint density at radius 3 is 2.40 bits per heavy atom. The SMILES string of the molecule is Cc1cc(N2C(=O)c3c(c(C)n(C)c3C)C2C(=O)NC2CCC(C)CC2)ccc1Br. The zero-order chi connectivity index (χ0) is 21.7. The molecule has 2 aliphatic rings. The predicted molar refractivity (Wildman–Crippen MR) is 123 cm³/mol. The topological polar surface area (TPSA) is 54.3 Å². The average molecular weight is 472 g/mol. The molecule has 30 heavy (non-hydrogen) atoms. The molecule has 1 aliphatic heterocycles. The van der Waals surface area contributed by atoms with Crippen molar-refractivity contribution < 1.29 is 9.59 Å². The lowest BCUT2D eigenvalue weighted by atomic mass is 9.87. The molecule has 1 fully saturated rings. The van der Waals surface area contributed by atoms with Gasteiger partial charge in [0.25, 0.3) is 5.91 Å². The van der Waals surface area contributed by atoms with E-state index in [1.165, 1.54) is 0 Å². The number of fused-ring (bicyclic) bond motifs is 1. The van der Waals surface area contributed by atoms with Crippen LogP contribution >= 0.6 is 15.9 Å². The van der Waals surface area contributed by atoms with E-state index >= 15 is 0 Å². The van der Waals surface area contributed by atoms with E-state index in [-0.39, 0.29) is 17.9 Å². The maximum Gasteiger partial charge on any atom is 0.261 e. The van der Waals surface area contributed by atoms with Gasteiger partial charge in [-0.3, -0.25) is 14.5 Å². The zero-order valence-electron chi connectivity index (χ0n) is 18.4. The fourth-order valence-electron chi connectivity index (χ4n) is 4.93. The van der Waals surface area contributed by atoms with Gasteiger partial charge in [0.2, 0.25) is 5.91 Å². The smallest absolute Gasteiger partial charge is 0.261 e. The molecule has 4 rings (SSSR count). The molecule has 0 radical (unpaired) electrons. The first kappa shape index (κ1) is 21.2. The van der Waals surface area contributed by atoms with Crippen LogP contribution in [-0.2, 0) is 11.8 Å². The van der Waals surface area contributed by atoms with Crippen molar-refractivity contribution in [2.24, 2.45) is 13.0 Å². The molecule has 160 valence electrons. The third-order valence-electron chi connectivity index (χ3n) is 7.02. The number of aromatic nitrogens is 1. The molecule has 2 aromatic rings. The number of halogens is 1. The summed E-state index contributed by atoms with van der Waals surface area (Å²) in [4.78, 5) is 28.8. The first-order valence-corrected chi connectivity index (χ1v) is 11.6. The molecule has 6 heteroatoms. The number of amides is 2. The number of benzene rings is 1. The number of nitrogens with zero attached hydrogens (tertiary/aromatic N) is 2. The van der Waals surface area contributed by atoms with Crippen molar-refractivity contribution in [3.63, 3.8) is 0 Å². The summed E-state index contributed by atoms with van der Waals surface area (Å²) in [5, 5.41) is 3.27. The second kappa shape index (κ2) is 7.88. The van der Waals surface area contributed by atoms with Gasteiger partial charge in [0.05, 0.1) is 5.56 Å². The van der Waals surface area contributed by atoms with Crippen LogP contribution in [0, 0.1) is 26.7 Å². The molecule has 0 saturated heterocycles. The minimum atomic E-state index is -0.632. The number of carbonyl (C=O) groups excluding carboxylic acids is 2. The van der Waals surface area contributed by atoms with Crippen molar-refractivity contribution in [3.05, 3.63) is 50.8 Å². The van der Waals surface area contributed by atoms with Crippen LogP contribution in [-0.4, -0.2) is 22.4 Å². The highest BCUT2D eigenvalue weighted by molar-refractivity contribution is 9.10. The number of anilines is 1. The number of nitrogens with one attached hydrogen (secondary N) is 1. The molecule has 2 amide bonds. The van der Waals surface area contributed by atoms with Gasteiger partial charge in [0.1, 0.15) is 6.04 Å². The molecule has 1 atom stereocenters. The van der Waals surface area contributed by atoms with E-state index in [0.29, 0.717) is 5.56 Å². The molecule has 1 unspecified atom stereocenters. The molecule has 5 nitrogen and oxygen atoms in total. The van der Waals surface area contributed by atoms with E-state index in [1.807, 2.05) is 50.6 Å². The average Bonchev–Trinajstić information content (AvgIpc) is 3.13. The van der Waals surface area contributed by atoms with Crippen LogP contribution in [0.1, 0.15) is 71.5 Å². The van der Waals surface area contributed by atoms with Crippen LogP contribution in [0.4, 0.5) is 5.69 Å². The Labute approximate surface area is 187 Å². The molecule has 0 spiro atoms. The Balaban J connectivity index is 1.75. The molecular formula is C24H30BrN3O2. The Morgan fingerprint density at radius 2 is 1.77 bits per heavy atom. The highest BCUT2D eigenvalue weighted by Gasteiger charge is 2.46. The van der Waals surface area contributed by atoms with Gasteiger partial charge in [0, 0.05) is 40.2 Å². The molecule has 1 saturated carbocycles. The molecule has 1 aromatic heterocycles. The largest absolute Gasteiger partial charge is 0.351 e. The Morgan fingerprint density at radius 1 is 1.10 bits per heavy atom. The quantitative estimate of drug-likeness (QED) is 0.675. The zero-order valence-corrected chi connectivity index (χ0v) is 20.0. The first-order chi connectivity index (χ1) is 14.2. The van der Waals surface area contributed by atoms with Crippen LogP contribution in [0.5, 0.6) is 0 Å². The summed E-state index contributed by atoms with van der Waals surface area (Å²) in [7, 11) is 1.96. The van der Waals surface area contributed by atoms with Gasteiger partial charge in [0.15, 0.2) is 0 Å². The monoisotopic (exact) mass is 471 g/mol. The fourth-order valence-corrected chi connectivity index (χ4v) is 5.17. The van der Waals surface area contributed by atoms with Crippen molar-refractivity contribution in [3.8, 4) is 0 Å².